The van der Waals surface area contributed by atoms with Gasteiger partial charge in [-0.25, -0.2) is 4.98 Å². The molecule has 0 bridgehead atoms. The number of nitrogens with zero attached hydrogens (tertiary/aromatic N) is 2. The largest absolute Gasteiger partial charge is 0.389 e. The molecule has 0 saturated carbocycles. The Balaban J connectivity index is 2.22. The molecule has 2 aromatic carbocycles. The lowest BCUT2D eigenvalue weighted by Gasteiger charge is -2.20. The summed E-state index contributed by atoms with van der Waals surface area (Å²) in [5, 5.41) is 15.9. The number of benzene rings is 2. The van der Waals surface area contributed by atoms with Crippen LogP contribution in [0, 0.1) is 0 Å². The van der Waals surface area contributed by atoms with Gasteiger partial charge in [-0.05, 0) is 31.8 Å². The first kappa shape index (κ1) is 15.0. The number of fused-ring (bicyclic) bond motifs is 3. The van der Waals surface area contributed by atoms with E-state index in [0.717, 1.165) is 28.8 Å². The van der Waals surface area contributed by atoms with Gasteiger partial charge in [-0.1, -0.05) is 37.3 Å². The average molecular weight is 297 g/mol. The molecular weight excluding hydrogens is 274 g/mol. The molecule has 2 N–H and O–H groups in total. The zero-order chi connectivity index (χ0) is 15.7. The van der Waals surface area contributed by atoms with Crippen LogP contribution >= 0.6 is 0 Å². The van der Waals surface area contributed by atoms with E-state index in [-0.39, 0.29) is 0 Å². The van der Waals surface area contributed by atoms with Crippen molar-refractivity contribution in [2.45, 2.75) is 39.5 Å². The van der Waals surface area contributed by atoms with E-state index in [1.165, 1.54) is 5.39 Å². The van der Waals surface area contributed by atoms with Crippen LogP contribution in [0.2, 0.25) is 0 Å². The summed E-state index contributed by atoms with van der Waals surface area (Å²) in [7, 11) is 0. The number of aromatic nitrogens is 2. The Morgan fingerprint density at radius 3 is 2.68 bits per heavy atom. The van der Waals surface area contributed by atoms with Crippen LogP contribution in [0.5, 0.6) is 0 Å². The lowest BCUT2D eigenvalue weighted by atomic mass is 10.1. The highest BCUT2D eigenvalue weighted by atomic mass is 16.3. The third kappa shape index (κ3) is 2.85. The zero-order valence-corrected chi connectivity index (χ0v) is 13.4. The maximum absolute atomic E-state index is 10.2. The van der Waals surface area contributed by atoms with E-state index < -0.39 is 5.60 Å². The molecular formula is C18H23N3O. The average Bonchev–Trinajstić information content (AvgIpc) is 2.81. The Morgan fingerprint density at radius 2 is 1.95 bits per heavy atom. The van der Waals surface area contributed by atoms with Crippen molar-refractivity contribution in [2.75, 3.05) is 6.54 Å². The van der Waals surface area contributed by atoms with E-state index in [1.54, 1.807) is 0 Å². The number of imidazole rings is 1. The van der Waals surface area contributed by atoms with Crippen molar-refractivity contribution in [3.63, 3.8) is 0 Å². The van der Waals surface area contributed by atoms with Crippen LogP contribution < -0.4 is 5.32 Å². The standard InChI is InChI=1S/C18H23N3O/c1-4-19-11-16-20-17-14-8-6-5-7-13(14)9-10-15(17)21(16)12-18(2,3)22/h5-10,19,22H,4,11-12H2,1-3H3. The minimum atomic E-state index is -0.778. The number of nitrogens with one attached hydrogen (secondary N) is 1. The molecule has 0 unspecified atom stereocenters. The first-order valence-corrected chi connectivity index (χ1v) is 7.79. The van der Waals surface area contributed by atoms with Gasteiger partial charge < -0.3 is 15.0 Å². The smallest absolute Gasteiger partial charge is 0.124 e. The Morgan fingerprint density at radius 1 is 1.18 bits per heavy atom. The van der Waals surface area contributed by atoms with Crippen molar-refractivity contribution in [3.8, 4) is 0 Å². The maximum Gasteiger partial charge on any atom is 0.124 e. The summed E-state index contributed by atoms with van der Waals surface area (Å²) in [4.78, 5) is 4.85. The highest BCUT2D eigenvalue weighted by Crippen LogP contribution is 2.27. The van der Waals surface area contributed by atoms with Gasteiger partial charge in [0, 0.05) is 5.39 Å². The molecule has 4 heteroatoms. The number of aliphatic hydroxyl groups is 1. The van der Waals surface area contributed by atoms with Gasteiger partial charge in [0.2, 0.25) is 0 Å². The molecule has 3 aromatic rings. The second-order valence-electron chi connectivity index (χ2n) is 6.36. The predicted molar refractivity (Wildman–Crippen MR) is 90.9 cm³/mol. The van der Waals surface area contributed by atoms with E-state index in [0.29, 0.717) is 13.1 Å². The fourth-order valence-corrected chi connectivity index (χ4v) is 2.84. The first-order valence-electron chi connectivity index (χ1n) is 7.79. The van der Waals surface area contributed by atoms with Gasteiger partial charge in [-0.3, -0.25) is 0 Å². The third-order valence-electron chi connectivity index (χ3n) is 3.80. The van der Waals surface area contributed by atoms with Crippen molar-refractivity contribution in [2.24, 2.45) is 0 Å². The maximum atomic E-state index is 10.2. The zero-order valence-electron chi connectivity index (χ0n) is 13.4. The van der Waals surface area contributed by atoms with Gasteiger partial charge in [-0.15, -0.1) is 0 Å². The molecule has 0 aliphatic heterocycles. The summed E-state index contributed by atoms with van der Waals surface area (Å²) in [6, 6.07) is 12.5. The molecule has 1 aromatic heterocycles. The van der Waals surface area contributed by atoms with Crippen LogP contribution in [0.3, 0.4) is 0 Å². The molecule has 0 aliphatic carbocycles. The monoisotopic (exact) mass is 297 g/mol. The highest BCUT2D eigenvalue weighted by Gasteiger charge is 2.19. The van der Waals surface area contributed by atoms with Crippen LogP contribution in [0.4, 0.5) is 0 Å². The van der Waals surface area contributed by atoms with Crippen molar-refractivity contribution < 1.29 is 5.11 Å². The summed E-state index contributed by atoms with van der Waals surface area (Å²) in [6.45, 7) is 7.87. The van der Waals surface area contributed by atoms with E-state index in [1.807, 2.05) is 26.0 Å². The van der Waals surface area contributed by atoms with Crippen molar-refractivity contribution in [1.29, 1.82) is 0 Å². The summed E-state index contributed by atoms with van der Waals surface area (Å²) >= 11 is 0. The predicted octanol–water partition coefficient (Wildman–Crippen LogP) is 3.07. The summed E-state index contributed by atoms with van der Waals surface area (Å²) in [5.41, 5.74) is 1.31. The van der Waals surface area contributed by atoms with Gasteiger partial charge in [0.1, 0.15) is 5.82 Å². The molecule has 0 amide bonds. The third-order valence-corrected chi connectivity index (χ3v) is 3.80. The van der Waals surface area contributed by atoms with Gasteiger partial charge >= 0.3 is 0 Å². The van der Waals surface area contributed by atoms with Crippen molar-refractivity contribution in [3.05, 3.63) is 42.2 Å². The summed E-state index contributed by atoms with van der Waals surface area (Å²) < 4.78 is 2.13. The topological polar surface area (TPSA) is 50.1 Å². The van der Waals surface area contributed by atoms with E-state index in [4.69, 9.17) is 4.98 Å². The lowest BCUT2D eigenvalue weighted by molar-refractivity contribution is 0.0617. The van der Waals surface area contributed by atoms with Crippen molar-refractivity contribution >= 4 is 21.8 Å². The van der Waals surface area contributed by atoms with Crippen LogP contribution in [0.1, 0.15) is 26.6 Å². The molecule has 22 heavy (non-hydrogen) atoms. The normalized spacial score (nSPS) is 12.4. The van der Waals surface area contributed by atoms with Gasteiger partial charge in [-0.2, -0.15) is 0 Å². The quantitative estimate of drug-likeness (QED) is 0.761. The van der Waals surface area contributed by atoms with Crippen LogP contribution in [0.25, 0.3) is 21.8 Å². The minimum Gasteiger partial charge on any atom is -0.389 e. The fourth-order valence-electron chi connectivity index (χ4n) is 2.84. The molecule has 116 valence electrons. The number of hydrogen-bond donors (Lipinski definition) is 2. The van der Waals surface area contributed by atoms with Crippen LogP contribution in [0.15, 0.2) is 36.4 Å². The molecule has 0 radical (unpaired) electrons. The molecule has 4 nitrogen and oxygen atoms in total. The lowest BCUT2D eigenvalue weighted by Crippen LogP contribution is -2.28. The fraction of sp³-hybridized carbons (Fsp3) is 0.389. The van der Waals surface area contributed by atoms with Crippen LogP contribution in [-0.2, 0) is 13.1 Å². The molecule has 0 aliphatic rings. The summed E-state index contributed by atoms with van der Waals surface area (Å²) in [5.74, 6) is 0.968. The van der Waals surface area contributed by atoms with E-state index in [9.17, 15) is 5.11 Å². The van der Waals surface area contributed by atoms with Gasteiger partial charge in [0.05, 0.1) is 29.7 Å². The van der Waals surface area contributed by atoms with E-state index in [2.05, 4.69) is 41.1 Å². The summed E-state index contributed by atoms with van der Waals surface area (Å²) in [6.07, 6.45) is 0. The number of rotatable bonds is 5. The molecule has 0 saturated heterocycles. The Hall–Kier alpha value is -1.91. The molecule has 0 spiro atoms. The Kier molecular flexibility index (Phi) is 3.89. The van der Waals surface area contributed by atoms with Gasteiger partial charge in [0.25, 0.3) is 0 Å². The second-order valence-corrected chi connectivity index (χ2v) is 6.36. The molecule has 1 heterocycles. The number of hydrogen-bond acceptors (Lipinski definition) is 3. The highest BCUT2D eigenvalue weighted by molar-refractivity contribution is 6.04. The first-order chi connectivity index (χ1) is 10.5. The molecule has 0 atom stereocenters. The Labute approximate surface area is 130 Å². The van der Waals surface area contributed by atoms with Crippen molar-refractivity contribution in [1.82, 2.24) is 14.9 Å². The van der Waals surface area contributed by atoms with Gasteiger partial charge in [0.15, 0.2) is 0 Å². The SMILES string of the molecule is CCNCc1nc2c3ccccc3ccc2n1CC(C)(C)O. The molecule has 3 rings (SSSR count). The van der Waals surface area contributed by atoms with Crippen LogP contribution in [-0.4, -0.2) is 26.8 Å². The second kappa shape index (κ2) is 5.71. The Bertz CT molecular complexity index is 799. The van der Waals surface area contributed by atoms with E-state index >= 15 is 0 Å². The minimum absolute atomic E-state index is 0.530. The molecule has 0 fully saturated rings.